The van der Waals surface area contributed by atoms with E-state index in [4.69, 9.17) is 4.98 Å². The van der Waals surface area contributed by atoms with Gasteiger partial charge in [-0.25, -0.2) is 9.67 Å². The smallest absolute Gasteiger partial charge is 0.260 e. The van der Waals surface area contributed by atoms with Gasteiger partial charge in [0.05, 0.1) is 22.8 Å². The van der Waals surface area contributed by atoms with E-state index in [1.807, 2.05) is 55.3 Å². The molecule has 1 aliphatic rings. The number of hydrogen-bond donors (Lipinski definition) is 1. The molecule has 1 amide bonds. The number of aromatic amines is 1. The number of carbonyl (C=O) groups excluding carboxylic acids is 1. The first-order valence-corrected chi connectivity index (χ1v) is 11.4. The number of carbonyl (C=O) groups is 1. The Morgan fingerprint density at radius 2 is 1.91 bits per heavy atom. The van der Waals surface area contributed by atoms with Gasteiger partial charge in [0.25, 0.3) is 11.5 Å². The Labute approximate surface area is 189 Å². The van der Waals surface area contributed by atoms with Crippen LogP contribution in [0.4, 0.5) is 0 Å². The number of benzene rings is 1. The van der Waals surface area contributed by atoms with Crippen molar-refractivity contribution in [2.45, 2.75) is 26.7 Å². The third-order valence-electron chi connectivity index (χ3n) is 5.85. The van der Waals surface area contributed by atoms with Crippen LogP contribution in [0.15, 0.2) is 47.5 Å². The molecule has 5 rings (SSSR count). The quantitative estimate of drug-likeness (QED) is 0.482. The van der Waals surface area contributed by atoms with Gasteiger partial charge in [0.15, 0.2) is 0 Å². The van der Waals surface area contributed by atoms with Crippen molar-refractivity contribution in [1.82, 2.24) is 24.6 Å². The van der Waals surface area contributed by atoms with Crippen molar-refractivity contribution in [3.8, 4) is 5.69 Å². The summed E-state index contributed by atoms with van der Waals surface area (Å²) in [7, 11) is 0. The Bertz CT molecular complexity index is 1390. The summed E-state index contributed by atoms with van der Waals surface area (Å²) in [6.45, 7) is 5.33. The van der Waals surface area contributed by atoms with Gasteiger partial charge in [0, 0.05) is 29.7 Å². The van der Waals surface area contributed by atoms with Crippen LogP contribution in [0.2, 0.25) is 0 Å². The normalized spacial score (nSPS) is 14.4. The summed E-state index contributed by atoms with van der Waals surface area (Å²) in [4.78, 5) is 37.4. The van der Waals surface area contributed by atoms with Gasteiger partial charge in [0.2, 0.25) is 0 Å². The summed E-state index contributed by atoms with van der Waals surface area (Å²) >= 11 is 1.48. The monoisotopic (exact) mass is 445 g/mol. The van der Waals surface area contributed by atoms with Crippen molar-refractivity contribution >= 4 is 39.1 Å². The first-order chi connectivity index (χ1) is 15.5. The number of likely N-dealkylation sites (tertiary alicyclic amines) is 1. The first-order valence-electron chi connectivity index (χ1n) is 10.6. The minimum absolute atomic E-state index is 0.123. The number of nitrogens with one attached hydrogen (secondary N) is 1. The Hall–Kier alpha value is -3.52. The van der Waals surface area contributed by atoms with Crippen LogP contribution < -0.4 is 5.56 Å². The Balaban J connectivity index is 1.62. The van der Waals surface area contributed by atoms with Gasteiger partial charge < -0.3 is 9.88 Å². The van der Waals surface area contributed by atoms with Crippen LogP contribution in [0.1, 0.15) is 34.7 Å². The van der Waals surface area contributed by atoms with Gasteiger partial charge in [0.1, 0.15) is 10.7 Å². The van der Waals surface area contributed by atoms with Gasteiger partial charge in [-0.1, -0.05) is 18.2 Å². The number of H-pyrrole nitrogens is 1. The summed E-state index contributed by atoms with van der Waals surface area (Å²) in [5.74, 6) is 0.176. The number of para-hydroxylation sites is 1. The molecule has 0 spiro atoms. The molecule has 8 heteroatoms. The van der Waals surface area contributed by atoms with Crippen LogP contribution in [-0.2, 0) is 4.79 Å². The number of hydrogen-bond acceptors (Lipinski definition) is 5. The molecule has 0 atom stereocenters. The van der Waals surface area contributed by atoms with Crippen LogP contribution in [-0.4, -0.2) is 43.6 Å². The molecule has 0 unspecified atom stereocenters. The topological polar surface area (TPSA) is 83.9 Å². The molecule has 1 N–H and O–H groups in total. The zero-order valence-corrected chi connectivity index (χ0v) is 18.8. The van der Waals surface area contributed by atoms with Crippen molar-refractivity contribution in [1.29, 1.82) is 0 Å². The van der Waals surface area contributed by atoms with Crippen molar-refractivity contribution in [2.24, 2.45) is 0 Å². The van der Waals surface area contributed by atoms with E-state index in [1.54, 1.807) is 17.0 Å². The minimum atomic E-state index is -0.216. The van der Waals surface area contributed by atoms with Crippen LogP contribution in [0.5, 0.6) is 0 Å². The van der Waals surface area contributed by atoms with Crippen LogP contribution >= 0.6 is 11.3 Å². The van der Waals surface area contributed by atoms with Crippen molar-refractivity contribution in [3.63, 3.8) is 0 Å². The summed E-state index contributed by atoms with van der Waals surface area (Å²) < 4.78 is 1.76. The standard InChI is InChI=1S/C24H23N5O2S/c1-15-16(2)32-23-20(15)22(30)26-21(27-23)19(24(31)28-10-6-7-11-28)12-17-13-25-29(14-17)18-8-4-3-5-9-18/h3-5,8-9,12-14H,6-7,10-11H2,1-2H3,(H,26,27,30). The molecule has 0 aliphatic carbocycles. The number of aromatic nitrogens is 4. The van der Waals surface area contributed by atoms with Crippen molar-refractivity contribution in [3.05, 3.63) is 74.9 Å². The summed E-state index contributed by atoms with van der Waals surface area (Å²) in [5.41, 5.74) is 2.79. The van der Waals surface area contributed by atoms with E-state index < -0.39 is 0 Å². The van der Waals surface area contributed by atoms with E-state index in [9.17, 15) is 9.59 Å². The predicted molar refractivity (Wildman–Crippen MR) is 127 cm³/mol. The lowest BCUT2D eigenvalue weighted by atomic mass is 10.1. The molecule has 162 valence electrons. The molecule has 1 aliphatic heterocycles. The fourth-order valence-corrected chi connectivity index (χ4v) is 5.03. The highest BCUT2D eigenvalue weighted by Crippen LogP contribution is 2.28. The highest BCUT2D eigenvalue weighted by molar-refractivity contribution is 7.18. The average molecular weight is 446 g/mol. The van der Waals surface area contributed by atoms with E-state index in [0.29, 0.717) is 34.7 Å². The van der Waals surface area contributed by atoms with Crippen molar-refractivity contribution in [2.75, 3.05) is 13.1 Å². The second-order valence-electron chi connectivity index (χ2n) is 7.99. The van der Waals surface area contributed by atoms with Crippen LogP contribution in [0.25, 0.3) is 27.6 Å². The van der Waals surface area contributed by atoms with Gasteiger partial charge in [-0.3, -0.25) is 9.59 Å². The molecule has 32 heavy (non-hydrogen) atoms. The van der Waals surface area contributed by atoms with Gasteiger partial charge in [-0.05, 0) is 50.5 Å². The van der Waals surface area contributed by atoms with Gasteiger partial charge in [-0.15, -0.1) is 11.3 Å². The van der Waals surface area contributed by atoms with E-state index in [-0.39, 0.29) is 11.5 Å². The fourth-order valence-electron chi connectivity index (χ4n) is 4.00. The molecule has 1 aromatic carbocycles. The molecule has 0 bridgehead atoms. The molecule has 0 radical (unpaired) electrons. The van der Waals surface area contributed by atoms with Crippen LogP contribution in [0, 0.1) is 13.8 Å². The summed E-state index contributed by atoms with van der Waals surface area (Å²) in [6, 6.07) is 9.77. The lowest BCUT2D eigenvalue weighted by molar-refractivity contribution is -0.123. The fraction of sp³-hybridized carbons (Fsp3) is 0.250. The number of amides is 1. The van der Waals surface area contributed by atoms with E-state index in [1.165, 1.54) is 11.3 Å². The average Bonchev–Trinajstić information content (AvgIpc) is 3.54. The zero-order valence-electron chi connectivity index (χ0n) is 18.0. The molecule has 1 fully saturated rings. The third kappa shape index (κ3) is 3.67. The summed E-state index contributed by atoms with van der Waals surface area (Å²) in [6.07, 6.45) is 7.31. The van der Waals surface area contributed by atoms with Crippen LogP contribution in [0.3, 0.4) is 0 Å². The molecule has 1 saturated heterocycles. The maximum Gasteiger partial charge on any atom is 0.260 e. The van der Waals surface area contributed by atoms with E-state index >= 15 is 0 Å². The first kappa shape index (κ1) is 20.4. The maximum atomic E-state index is 13.4. The minimum Gasteiger partial charge on any atom is -0.339 e. The highest BCUT2D eigenvalue weighted by atomic mass is 32.1. The molecular formula is C24H23N5O2S. The largest absolute Gasteiger partial charge is 0.339 e. The second kappa shape index (κ2) is 8.20. The highest BCUT2D eigenvalue weighted by Gasteiger charge is 2.25. The molecule has 7 nitrogen and oxygen atoms in total. The van der Waals surface area contributed by atoms with Gasteiger partial charge >= 0.3 is 0 Å². The third-order valence-corrected chi connectivity index (χ3v) is 6.95. The van der Waals surface area contributed by atoms with E-state index in [0.717, 1.165) is 34.5 Å². The molecular weight excluding hydrogens is 422 g/mol. The Morgan fingerprint density at radius 1 is 1.16 bits per heavy atom. The SMILES string of the molecule is Cc1sc2nc(C(=Cc3cnn(-c4ccccc4)c3)C(=O)N3CCCC3)[nH]c(=O)c2c1C. The number of nitrogens with zero attached hydrogens (tertiary/aromatic N) is 4. The lowest BCUT2D eigenvalue weighted by Crippen LogP contribution is -2.29. The number of aryl methyl sites for hydroxylation is 2. The number of thiophene rings is 1. The Kier molecular flexibility index (Phi) is 5.22. The molecule has 0 saturated carbocycles. The molecule has 4 aromatic rings. The van der Waals surface area contributed by atoms with Crippen molar-refractivity contribution < 1.29 is 4.79 Å². The zero-order chi connectivity index (χ0) is 22.2. The second-order valence-corrected chi connectivity index (χ2v) is 9.19. The summed E-state index contributed by atoms with van der Waals surface area (Å²) in [5, 5.41) is 5.03. The molecule has 4 heterocycles. The molecule has 3 aromatic heterocycles. The lowest BCUT2D eigenvalue weighted by Gasteiger charge is -2.17. The van der Waals surface area contributed by atoms with E-state index in [2.05, 4.69) is 10.1 Å². The number of rotatable bonds is 4. The number of fused-ring (bicyclic) bond motifs is 1. The maximum absolute atomic E-state index is 13.4. The Morgan fingerprint density at radius 3 is 2.66 bits per heavy atom. The predicted octanol–water partition coefficient (Wildman–Crippen LogP) is 3.95. The van der Waals surface area contributed by atoms with Gasteiger partial charge in [-0.2, -0.15) is 5.10 Å².